The standard InChI is InChI=1S/C14H14O3S3/c1-17-10-3-2-4-11(9-10)19-13-6-8-20(15,16)14-12(13)5-7-18-14/h2-5,7,9,13H,6,8H2,1H3. The Hall–Kier alpha value is -0.980. The second-order valence-electron chi connectivity index (χ2n) is 4.56. The quantitative estimate of drug-likeness (QED) is 0.861. The first-order chi connectivity index (χ1) is 9.60. The van der Waals surface area contributed by atoms with Crippen molar-refractivity contribution in [3.05, 3.63) is 41.3 Å². The Morgan fingerprint density at radius 1 is 1.35 bits per heavy atom. The minimum atomic E-state index is -3.06. The average Bonchev–Trinajstić information content (AvgIpc) is 2.93. The van der Waals surface area contributed by atoms with E-state index < -0.39 is 9.84 Å². The number of ether oxygens (including phenoxy) is 1. The fourth-order valence-electron chi connectivity index (χ4n) is 2.27. The van der Waals surface area contributed by atoms with E-state index in [9.17, 15) is 8.42 Å². The number of hydrogen-bond donors (Lipinski definition) is 0. The first-order valence-electron chi connectivity index (χ1n) is 6.21. The molecule has 0 radical (unpaired) electrons. The van der Waals surface area contributed by atoms with Gasteiger partial charge in [0, 0.05) is 10.1 Å². The lowest BCUT2D eigenvalue weighted by molar-refractivity contribution is 0.413. The molecule has 0 spiro atoms. The molecular formula is C14H14O3S3. The predicted octanol–water partition coefficient (Wildman–Crippen LogP) is 3.77. The van der Waals surface area contributed by atoms with Crippen LogP contribution in [-0.2, 0) is 9.84 Å². The molecule has 0 saturated carbocycles. The third-order valence-electron chi connectivity index (χ3n) is 3.26. The minimum absolute atomic E-state index is 0.201. The van der Waals surface area contributed by atoms with Gasteiger partial charge in [0.05, 0.1) is 12.9 Å². The molecule has 1 aromatic carbocycles. The van der Waals surface area contributed by atoms with Crippen molar-refractivity contribution in [2.75, 3.05) is 12.9 Å². The van der Waals surface area contributed by atoms with E-state index in [0.29, 0.717) is 10.6 Å². The molecule has 1 aliphatic rings. The van der Waals surface area contributed by atoms with Crippen molar-refractivity contribution in [3.63, 3.8) is 0 Å². The van der Waals surface area contributed by atoms with Gasteiger partial charge in [-0.1, -0.05) is 6.07 Å². The Bertz CT molecular complexity index is 719. The van der Waals surface area contributed by atoms with Crippen molar-refractivity contribution >= 4 is 32.9 Å². The van der Waals surface area contributed by atoms with Crippen LogP contribution in [0.25, 0.3) is 0 Å². The molecule has 6 heteroatoms. The fourth-order valence-corrected chi connectivity index (χ4v) is 6.78. The lowest BCUT2D eigenvalue weighted by atomic mass is 10.2. The Balaban J connectivity index is 1.89. The van der Waals surface area contributed by atoms with E-state index in [1.807, 2.05) is 35.7 Å². The highest BCUT2D eigenvalue weighted by atomic mass is 32.2. The molecule has 106 valence electrons. The Labute approximate surface area is 126 Å². The molecule has 2 aromatic rings. The molecule has 3 nitrogen and oxygen atoms in total. The summed E-state index contributed by atoms with van der Waals surface area (Å²) in [6, 6.07) is 9.82. The first kappa shape index (κ1) is 14.0. The van der Waals surface area contributed by atoms with Gasteiger partial charge in [-0.2, -0.15) is 0 Å². The number of benzene rings is 1. The minimum Gasteiger partial charge on any atom is -0.497 e. The molecule has 1 aliphatic heterocycles. The maximum absolute atomic E-state index is 12.0. The van der Waals surface area contributed by atoms with Crippen LogP contribution in [0.15, 0.2) is 44.8 Å². The van der Waals surface area contributed by atoms with Crippen LogP contribution in [0.3, 0.4) is 0 Å². The molecular weight excluding hydrogens is 312 g/mol. The summed E-state index contributed by atoms with van der Waals surface area (Å²) in [6.07, 6.45) is 0.661. The van der Waals surface area contributed by atoms with Gasteiger partial charge in [0.25, 0.3) is 0 Å². The number of thioether (sulfide) groups is 1. The van der Waals surface area contributed by atoms with Crippen LogP contribution in [-0.4, -0.2) is 21.3 Å². The Morgan fingerprint density at radius 3 is 3.00 bits per heavy atom. The second-order valence-corrected chi connectivity index (χ2v) is 9.05. The lowest BCUT2D eigenvalue weighted by Crippen LogP contribution is -2.16. The van der Waals surface area contributed by atoms with Crippen molar-refractivity contribution < 1.29 is 13.2 Å². The first-order valence-corrected chi connectivity index (χ1v) is 9.62. The zero-order valence-corrected chi connectivity index (χ0v) is 13.4. The third-order valence-corrected chi connectivity index (χ3v) is 7.90. The van der Waals surface area contributed by atoms with Crippen LogP contribution < -0.4 is 4.74 Å². The van der Waals surface area contributed by atoms with Crippen molar-refractivity contribution in [3.8, 4) is 5.75 Å². The molecule has 0 N–H and O–H groups in total. The largest absolute Gasteiger partial charge is 0.497 e. The predicted molar refractivity (Wildman–Crippen MR) is 82.6 cm³/mol. The number of hydrogen-bond acceptors (Lipinski definition) is 5. The zero-order chi connectivity index (χ0) is 14.2. The van der Waals surface area contributed by atoms with Gasteiger partial charge in [0.15, 0.2) is 9.84 Å². The van der Waals surface area contributed by atoms with Crippen molar-refractivity contribution in [2.24, 2.45) is 0 Å². The highest BCUT2D eigenvalue weighted by Crippen LogP contribution is 2.46. The SMILES string of the molecule is COc1cccc(SC2CCS(=O)(=O)c3sccc32)c1. The number of thiophene rings is 1. The van der Waals surface area contributed by atoms with Gasteiger partial charge in [-0.3, -0.25) is 0 Å². The average molecular weight is 326 g/mol. The molecule has 20 heavy (non-hydrogen) atoms. The van der Waals surface area contributed by atoms with E-state index in [1.165, 1.54) is 11.3 Å². The molecule has 1 unspecified atom stereocenters. The van der Waals surface area contributed by atoms with Gasteiger partial charge < -0.3 is 4.74 Å². The molecule has 1 atom stereocenters. The summed E-state index contributed by atoms with van der Waals surface area (Å²) in [5.74, 6) is 1.06. The molecule has 0 aliphatic carbocycles. The summed E-state index contributed by atoms with van der Waals surface area (Å²) in [6.45, 7) is 0. The van der Waals surface area contributed by atoms with Crippen LogP contribution in [0.4, 0.5) is 0 Å². The van der Waals surface area contributed by atoms with E-state index in [0.717, 1.165) is 16.2 Å². The molecule has 0 saturated heterocycles. The van der Waals surface area contributed by atoms with Crippen molar-refractivity contribution in [2.45, 2.75) is 20.8 Å². The normalized spacial score (nSPS) is 20.4. The lowest BCUT2D eigenvalue weighted by Gasteiger charge is -2.22. The topological polar surface area (TPSA) is 43.4 Å². The summed E-state index contributed by atoms with van der Waals surface area (Å²) in [5, 5.41) is 2.07. The maximum Gasteiger partial charge on any atom is 0.188 e. The Kier molecular flexibility index (Phi) is 3.79. The smallest absolute Gasteiger partial charge is 0.188 e. The maximum atomic E-state index is 12.0. The fraction of sp³-hybridized carbons (Fsp3) is 0.286. The van der Waals surface area contributed by atoms with E-state index in [2.05, 4.69) is 0 Å². The molecule has 1 aromatic heterocycles. The number of fused-ring (bicyclic) bond motifs is 1. The highest BCUT2D eigenvalue weighted by Gasteiger charge is 2.32. The monoisotopic (exact) mass is 326 g/mol. The summed E-state index contributed by atoms with van der Waals surface area (Å²) >= 11 is 3.03. The second kappa shape index (κ2) is 5.42. The van der Waals surface area contributed by atoms with Gasteiger partial charge in [-0.05, 0) is 41.6 Å². The van der Waals surface area contributed by atoms with Crippen molar-refractivity contribution in [1.82, 2.24) is 0 Å². The number of rotatable bonds is 3. The zero-order valence-electron chi connectivity index (χ0n) is 10.9. The van der Waals surface area contributed by atoms with Crippen LogP contribution in [0, 0.1) is 0 Å². The Morgan fingerprint density at radius 2 is 2.20 bits per heavy atom. The van der Waals surface area contributed by atoms with Crippen LogP contribution in [0.2, 0.25) is 0 Å². The highest BCUT2D eigenvalue weighted by molar-refractivity contribution is 8.00. The summed E-state index contributed by atoms with van der Waals surface area (Å²) in [7, 11) is -1.41. The van der Waals surface area contributed by atoms with Crippen LogP contribution in [0.1, 0.15) is 17.2 Å². The summed E-state index contributed by atoms with van der Waals surface area (Å²) < 4.78 is 29.8. The number of methoxy groups -OCH3 is 1. The molecule has 2 heterocycles. The summed E-state index contributed by atoms with van der Waals surface area (Å²) in [5.41, 5.74) is 0.953. The van der Waals surface area contributed by atoms with Gasteiger partial charge >= 0.3 is 0 Å². The van der Waals surface area contributed by atoms with Crippen molar-refractivity contribution in [1.29, 1.82) is 0 Å². The third kappa shape index (κ3) is 2.60. The van der Waals surface area contributed by atoms with Gasteiger partial charge in [0.1, 0.15) is 9.96 Å². The van der Waals surface area contributed by atoms with Gasteiger partial charge in [-0.15, -0.1) is 23.1 Å². The van der Waals surface area contributed by atoms with E-state index >= 15 is 0 Å². The van der Waals surface area contributed by atoms with Gasteiger partial charge in [-0.25, -0.2) is 8.42 Å². The molecule has 0 bridgehead atoms. The number of sulfone groups is 1. The van der Waals surface area contributed by atoms with Crippen LogP contribution in [0.5, 0.6) is 5.75 Å². The molecule has 0 amide bonds. The van der Waals surface area contributed by atoms with E-state index in [-0.39, 0.29) is 11.0 Å². The van der Waals surface area contributed by atoms with Gasteiger partial charge in [0.2, 0.25) is 0 Å². The van der Waals surface area contributed by atoms with Crippen LogP contribution >= 0.6 is 23.1 Å². The van der Waals surface area contributed by atoms with E-state index in [4.69, 9.17) is 4.74 Å². The molecule has 0 fully saturated rings. The summed E-state index contributed by atoms with van der Waals surface area (Å²) in [4.78, 5) is 1.10. The van der Waals surface area contributed by atoms with E-state index in [1.54, 1.807) is 18.9 Å². The molecule has 3 rings (SSSR count).